The van der Waals surface area contributed by atoms with E-state index in [0.29, 0.717) is 47.3 Å². The number of aliphatic hydroxyl groups is 7. The third-order valence-electron chi connectivity index (χ3n) is 31.4. The molecule has 10 aliphatic heterocycles. The Bertz CT molecular complexity index is 2730. The van der Waals surface area contributed by atoms with Crippen molar-refractivity contribution in [2.75, 3.05) is 19.8 Å². The predicted molar refractivity (Wildman–Crippen MR) is 411 cm³/mol. The van der Waals surface area contributed by atoms with Crippen LogP contribution in [-0.4, -0.2) is 245 Å². The van der Waals surface area contributed by atoms with E-state index in [9.17, 15) is 35.7 Å². The van der Waals surface area contributed by atoms with Gasteiger partial charge in [-0.05, 0) is 135 Å². The fourth-order valence-corrected chi connectivity index (χ4v) is 21.3. The van der Waals surface area contributed by atoms with Crippen molar-refractivity contribution in [3.8, 4) is 0 Å². The molecule has 10 saturated heterocycles. The number of hydrogen-bond acceptors (Lipinski definition) is 24. The van der Waals surface area contributed by atoms with Gasteiger partial charge in [-0.25, -0.2) is 0 Å². The summed E-state index contributed by atoms with van der Waals surface area (Å²) < 4.78 is 108. The normalized spacial score (nSPS) is 54.1. The van der Waals surface area contributed by atoms with E-state index in [1.54, 1.807) is 0 Å². The van der Waals surface area contributed by atoms with E-state index in [2.05, 4.69) is 152 Å². The Hall–Kier alpha value is 7.69. The van der Waals surface area contributed by atoms with Crippen molar-refractivity contribution >= 4 is 0 Å². The molecule has 0 spiro atoms. The van der Waals surface area contributed by atoms with Crippen LogP contribution in [0.3, 0.4) is 0 Å². The molecule has 660 valence electrons. The number of aliphatic hydroxyl groups excluding tert-OH is 7. The first-order valence-corrected chi connectivity index (χ1v) is 43.3. The van der Waals surface area contributed by atoms with Crippen molar-refractivity contribution in [1.29, 1.82) is 0 Å². The molecule has 7 N–H and O–H groups in total. The molecule has 10 heterocycles. The van der Waals surface area contributed by atoms with Crippen LogP contribution in [0.5, 0.6) is 0 Å². The SMILES string of the molecule is CC1OC(CO)[C@@H](O[C@@H]2OC(C)[C@@H](C)C(C)C2C)[C@H](O)C1C.CCC1O[C@H](C)C(C)C(C)[C@@H]1O[C@H]1OC(C)[C@@H]2[C@@H](C1C)C2(C)O[C@@H]1OC(CO)[C@@H](O[C@@H]2OC(C)[C@@H](C)C(C)C2C)[C@H](O)C1C.CCC1O[C@H](C)C(C)C(C)[C@@H]1O[C@H]1OC(C)[C@@H]2[C@@H](C1C)C2(C)O[C@@H]1OC(CO)[C@@H](O[C@@H]2OC(C)[C@@H](O)C(C)C2C)[C@H](O)C1C.[Ac].[Ac].[Ac].[Ac].[Ac].[Ac]. The summed E-state index contributed by atoms with van der Waals surface area (Å²) in [6.45, 7) is 60.3. The molecule has 2 saturated carbocycles. The molecule has 12 aliphatic rings. The van der Waals surface area contributed by atoms with Crippen LogP contribution in [0.1, 0.15) is 214 Å². The van der Waals surface area contributed by atoms with E-state index in [4.69, 9.17) is 80.5 Å². The molecular weight excluding hydrogens is 2780 g/mol. The van der Waals surface area contributed by atoms with E-state index in [0.717, 1.165) is 12.8 Å². The number of rotatable bonds is 19. The first-order valence-electron chi connectivity index (χ1n) is 43.3. The maximum absolute atomic E-state index is 11.5. The Morgan fingerprint density at radius 1 is 0.224 bits per heavy atom. The van der Waals surface area contributed by atoms with Crippen LogP contribution in [0.25, 0.3) is 0 Å². The van der Waals surface area contributed by atoms with E-state index >= 15 is 0 Å². The molecule has 24 nitrogen and oxygen atoms in total. The zero-order valence-corrected chi connectivity index (χ0v) is 104. The topological polar surface area (TPSA) is 299 Å². The van der Waals surface area contributed by atoms with Crippen molar-refractivity contribution < 1.29 is 381 Å². The van der Waals surface area contributed by atoms with Gasteiger partial charge in [0.05, 0.1) is 129 Å². The molecule has 0 aromatic rings. The maximum atomic E-state index is 11.5. The zero-order valence-electron chi connectivity index (χ0n) is 75.9. The van der Waals surface area contributed by atoms with Gasteiger partial charge in [-0.1, -0.05) is 132 Å². The average molecular weight is 2930 g/mol. The van der Waals surface area contributed by atoms with Gasteiger partial charge in [-0.2, -0.15) is 0 Å². The standard InChI is InChI=1S/C35H62O9.C34H60O10.C17H32O5.6Ac/c1-13-25-30(18(5)17(4)22(9)38-25)42-33-20(7)27-28(24(11)40-33)35(27,12)44-34-21(8)29(37)31(26(14-36)41-34)43-32-19(6)15(2)16(3)23(10)39-32;1-12-23-29(16(4)14(2)20(8)38-23)42-32-18(6)25-26(21(9)39-32)34(25,11)44-33-19(7)28(37)30(24(13-35)41-33)43-31-17(5)15(3)27(36)22(10)40-31;1-8-9(2)12(5)21-17(10(8)3)22-16-14(7-18)20-13(6)11(4)15(16)19;;;;;;/h15-34,36-37H,13-14H2,1-12H3;14-33,35-37H,12-13H2,1-11H3;8-19H,7H2,1-6H3;;;;;;/t15?,16-,17?,18?,19?,20?,21?,22+,23?,24?,25?,26?,27+,28+,29+,30-,31+,32-,33+,34-,35?;14?,15?,16?,17?,18?,19?,20-,21?,22?,23?,24?,25-,26-,27+,28-,29+,30-,31+,32-,33+,34?;8?,9-,10?,11?,12?,13?,14?,15+,16+,17-;;;;;;/m010....../s1. The van der Waals surface area contributed by atoms with Gasteiger partial charge in [0.25, 0.3) is 0 Å². The van der Waals surface area contributed by atoms with Crippen LogP contribution in [0.15, 0.2) is 0 Å². The quantitative estimate of drug-likeness (QED) is 0.0632. The second-order valence-electron chi connectivity index (χ2n) is 37.9. The Morgan fingerprint density at radius 3 is 0.802 bits per heavy atom. The third kappa shape index (κ3) is 24.7. The van der Waals surface area contributed by atoms with Crippen molar-refractivity contribution in [2.24, 2.45) is 124 Å². The smallest absolute Gasteiger partial charge is 0.164 e. The van der Waals surface area contributed by atoms with Crippen molar-refractivity contribution in [3.63, 3.8) is 0 Å². The van der Waals surface area contributed by atoms with Crippen LogP contribution >= 0.6 is 0 Å². The van der Waals surface area contributed by atoms with Gasteiger partial charge in [-0.3, -0.25) is 0 Å². The first-order chi connectivity index (χ1) is 51.6. The van der Waals surface area contributed by atoms with Gasteiger partial charge < -0.3 is 116 Å². The summed E-state index contributed by atoms with van der Waals surface area (Å²) in [5.74, 6) is 3.53. The van der Waals surface area contributed by atoms with E-state index in [1.165, 1.54) is 0 Å². The molecular formula is C86H154Ac6O24. The minimum atomic E-state index is -0.950. The van der Waals surface area contributed by atoms with Gasteiger partial charge in [0, 0.05) is 335 Å². The van der Waals surface area contributed by atoms with Crippen LogP contribution in [0, 0.1) is 389 Å². The summed E-state index contributed by atoms with van der Waals surface area (Å²) in [5.41, 5.74) is -1.04. The third-order valence-corrected chi connectivity index (χ3v) is 31.4. The van der Waals surface area contributed by atoms with Gasteiger partial charge in [-0.15, -0.1) is 0 Å². The number of hydrogen-bond donors (Lipinski definition) is 7. The summed E-state index contributed by atoms with van der Waals surface area (Å²) in [5, 5.41) is 74.2. The average Bonchev–Trinajstić information content (AvgIpc) is 1.53. The predicted octanol–water partition coefficient (Wildman–Crippen LogP) is 10.5. The second-order valence-corrected chi connectivity index (χ2v) is 37.9. The van der Waals surface area contributed by atoms with Gasteiger partial charge in [0.1, 0.15) is 36.6 Å². The minimum Gasteiger partial charge on any atom is -0.394 e. The van der Waals surface area contributed by atoms with Crippen LogP contribution in [0.2, 0.25) is 0 Å². The number of fused-ring (bicyclic) bond motifs is 2. The Labute approximate surface area is 913 Å². The summed E-state index contributed by atoms with van der Waals surface area (Å²) in [6.07, 6.45) is -9.19. The summed E-state index contributed by atoms with van der Waals surface area (Å²) in [6, 6.07) is 0. The maximum Gasteiger partial charge on any atom is 0.164 e. The Morgan fingerprint density at radius 2 is 0.474 bits per heavy atom. The van der Waals surface area contributed by atoms with Crippen LogP contribution in [0.4, 0.5) is 0 Å². The molecule has 0 amide bonds. The fraction of sp³-hybridized carbons (Fsp3) is 1.00. The molecule has 116 heavy (non-hydrogen) atoms. The van der Waals surface area contributed by atoms with E-state index < -0.39 is 109 Å². The van der Waals surface area contributed by atoms with Crippen molar-refractivity contribution in [3.05, 3.63) is 0 Å². The van der Waals surface area contributed by atoms with E-state index in [-0.39, 0.29) is 441 Å². The molecule has 0 aromatic carbocycles. The Balaban J connectivity index is 0.000000376. The largest absolute Gasteiger partial charge is 0.394 e. The molecule has 0 aromatic heterocycles. The molecule has 12 fully saturated rings. The molecule has 12 rings (SSSR count). The van der Waals surface area contributed by atoms with E-state index in [1.807, 2.05) is 48.5 Å². The van der Waals surface area contributed by atoms with Gasteiger partial charge >= 0.3 is 0 Å². The zero-order chi connectivity index (χ0) is 81.4. The molecule has 0 bridgehead atoms. The molecule has 30 heteroatoms. The summed E-state index contributed by atoms with van der Waals surface area (Å²) in [7, 11) is 0. The molecule has 2 aliphatic carbocycles. The summed E-state index contributed by atoms with van der Waals surface area (Å²) in [4.78, 5) is 0. The molecule has 28 unspecified atom stereocenters. The van der Waals surface area contributed by atoms with Crippen molar-refractivity contribution in [2.45, 2.75) is 403 Å². The fourth-order valence-electron chi connectivity index (χ4n) is 21.3. The monoisotopic (exact) mass is 2930 g/mol. The summed E-state index contributed by atoms with van der Waals surface area (Å²) >= 11 is 0. The molecule has 6 radical (unpaired) electrons. The minimum absolute atomic E-state index is 0. The van der Waals surface area contributed by atoms with Crippen LogP contribution < -0.4 is 0 Å². The second kappa shape index (κ2) is 49.4. The molecule has 52 atom stereocenters. The first kappa shape index (κ1) is 116. The van der Waals surface area contributed by atoms with Crippen LogP contribution in [-0.2, 0) is 80.5 Å². The van der Waals surface area contributed by atoms with Gasteiger partial charge in [0.2, 0.25) is 0 Å². The number of ether oxygens (including phenoxy) is 17. The Kier molecular flexibility index (Phi) is 49.4. The van der Waals surface area contributed by atoms with Gasteiger partial charge in [0.15, 0.2) is 44.0 Å². The van der Waals surface area contributed by atoms with Crippen molar-refractivity contribution in [1.82, 2.24) is 0 Å².